The van der Waals surface area contributed by atoms with Gasteiger partial charge in [0.2, 0.25) is 0 Å². The summed E-state index contributed by atoms with van der Waals surface area (Å²) in [5.74, 6) is -1.45. The fourth-order valence-electron chi connectivity index (χ4n) is 2.58. The van der Waals surface area contributed by atoms with Gasteiger partial charge in [-0.2, -0.15) is 5.10 Å². The molecule has 0 spiro atoms. The summed E-state index contributed by atoms with van der Waals surface area (Å²) in [7, 11) is 0. The minimum Gasteiger partial charge on any atom is -0.422 e. The molecule has 32 heavy (non-hydrogen) atoms. The first kappa shape index (κ1) is 21.8. The zero-order valence-corrected chi connectivity index (χ0v) is 16.2. The van der Waals surface area contributed by atoms with Gasteiger partial charge in [-0.25, -0.2) is 10.2 Å². The minimum atomic E-state index is -1.04. The molecular weight excluding hydrogens is 420 g/mol. The smallest absolute Gasteiger partial charge is 0.344 e. The van der Waals surface area contributed by atoms with Crippen molar-refractivity contribution in [1.29, 1.82) is 0 Å². The molecule has 0 aromatic heterocycles. The van der Waals surface area contributed by atoms with Gasteiger partial charge < -0.3 is 4.74 Å². The summed E-state index contributed by atoms with van der Waals surface area (Å²) in [5.41, 5.74) is 1.45. The second-order valence-electron chi connectivity index (χ2n) is 6.24. The Morgan fingerprint density at radius 2 is 1.44 bits per heavy atom. The summed E-state index contributed by atoms with van der Waals surface area (Å²) in [6.07, 6.45) is 1.25. The molecular formula is C21H14N4O7. The number of nitrogens with zero attached hydrogens (tertiary/aromatic N) is 3. The Balaban J connectivity index is 1.79. The van der Waals surface area contributed by atoms with Crippen LogP contribution in [-0.4, -0.2) is 27.9 Å². The van der Waals surface area contributed by atoms with Crippen LogP contribution in [0.25, 0.3) is 0 Å². The number of hydrogen-bond donors (Lipinski definition) is 1. The van der Waals surface area contributed by atoms with Crippen molar-refractivity contribution in [1.82, 2.24) is 5.43 Å². The largest absolute Gasteiger partial charge is 0.422 e. The number of hydrogen-bond acceptors (Lipinski definition) is 8. The first-order valence-electron chi connectivity index (χ1n) is 8.98. The van der Waals surface area contributed by atoms with E-state index in [1.807, 2.05) is 0 Å². The summed E-state index contributed by atoms with van der Waals surface area (Å²) in [6.45, 7) is 0. The Labute approximate surface area is 180 Å². The molecule has 0 fully saturated rings. The summed E-state index contributed by atoms with van der Waals surface area (Å²) >= 11 is 0. The molecule has 3 aromatic rings. The lowest BCUT2D eigenvalue weighted by molar-refractivity contribution is -0.394. The third-order valence-electron chi connectivity index (χ3n) is 4.09. The Kier molecular flexibility index (Phi) is 6.61. The number of benzene rings is 3. The third-order valence-corrected chi connectivity index (χ3v) is 4.09. The van der Waals surface area contributed by atoms with Crippen molar-refractivity contribution in [3.63, 3.8) is 0 Å². The zero-order valence-electron chi connectivity index (χ0n) is 16.2. The molecule has 160 valence electrons. The first-order chi connectivity index (χ1) is 15.3. The maximum absolute atomic E-state index is 12.5. The lowest BCUT2D eigenvalue weighted by Crippen LogP contribution is -2.17. The average molecular weight is 434 g/mol. The van der Waals surface area contributed by atoms with Crippen LogP contribution in [0.5, 0.6) is 5.75 Å². The van der Waals surface area contributed by atoms with E-state index < -0.39 is 33.1 Å². The van der Waals surface area contributed by atoms with E-state index in [2.05, 4.69) is 10.5 Å². The molecule has 0 saturated heterocycles. The van der Waals surface area contributed by atoms with Crippen LogP contribution in [0.4, 0.5) is 11.4 Å². The molecule has 0 atom stereocenters. The molecule has 0 aliphatic heterocycles. The third kappa shape index (κ3) is 5.36. The van der Waals surface area contributed by atoms with Gasteiger partial charge in [-0.15, -0.1) is 0 Å². The molecule has 11 heteroatoms. The van der Waals surface area contributed by atoms with E-state index in [4.69, 9.17) is 4.74 Å². The molecule has 0 aliphatic rings. The van der Waals surface area contributed by atoms with Crippen molar-refractivity contribution in [2.75, 3.05) is 0 Å². The number of rotatable bonds is 7. The monoisotopic (exact) mass is 434 g/mol. The molecule has 0 aliphatic carbocycles. The second kappa shape index (κ2) is 9.71. The number of nitro groups is 2. The van der Waals surface area contributed by atoms with Gasteiger partial charge in [0.05, 0.1) is 27.7 Å². The maximum atomic E-state index is 12.5. The van der Waals surface area contributed by atoms with Gasteiger partial charge in [0.1, 0.15) is 5.75 Å². The van der Waals surface area contributed by atoms with E-state index in [9.17, 15) is 29.8 Å². The van der Waals surface area contributed by atoms with E-state index in [0.717, 1.165) is 18.2 Å². The van der Waals surface area contributed by atoms with Gasteiger partial charge in [-0.3, -0.25) is 25.0 Å². The van der Waals surface area contributed by atoms with Crippen molar-refractivity contribution >= 4 is 29.5 Å². The fourth-order valence-corrected chi connectivity index (χ4v) is 2.58. The Morgan fingerprint density at radius 3 is 2.06 bits per heavy atom. The highest BCUT2D eigenvalue weighted by Crippen LogP contribution is 2.24. The van der Waals surface area contributed by atoms with Crippen molar-refractivity contribution in [2.45, 2.75) is 0 Å². The lowest BCUT2D eigenvalue weighted by Gasteiger charge is -2.07. The van der Waals surface area contributed by atoms with Gasteiger partial charge in [0.15, 0.2) is 0 Å². The molecule has 0 radical (unpaired) electrons. The number of non-ortho nitro benzene ring substituents is 2. The quantitative estimate of drug-likeness (QED) is 0.196. The Morgan fingerprint density at radius 1 is 0.844 bits per heavy atom. The normalized spacial score (nSPS) is 10.5. The number of amides is 1. The van der Waals surface area contributed by atoms with Crippen LogP contribution in [0.3, 0.4) is 0 Å². The van der Waals surface area contributed by atoms with Crippen LogP contribution in [-0.2, 0) is 0 Å². The second-order valence-corrected chi connectivity index (χ2v) is 6.24. The number of carbonyl (C=O) groups is 2. The summed E-state index contributed by atoms with van der Waals surface area (Å²) in [4.78, 5) is 44.9. The topological polar surface area (TPSA) is 154 Å². The SMILES string of the molecule is O=C(N/N=C\c1ccccc1OC(=O)c1cc([N+](=O)[O-])cc([N+](=O)[O-])c1)c1ccccc1. The molecule has 1 amide bonds. The summed E-state index contributed by atoms with van der Waals surface area (Å²) < 4.78 is 5.26. The van der Waals surface area contributed by atoms with Crippen LogP contribution in [0.1, 0.15) is 26.3 Å². The van der Waals surface area contributed by atoms with E-state index in [0.29, 0.717) is 11.1 Å². The molecule has 0 unspecified atom stereocenters. The van der Waals surface area contributed by atoms with Gasteiger partial charge in [-0.05, 0) is 24.3 Å². The highest BCUT2D eigenvalue weighted by molar-refractivity contribution is 5.96. The standard InChI is InChI=1S/C21H14N4O7/c26-20(14-6-2-1-3-7-14)23-22-13-15-8-4-5-9-19(15)32-21(27)16-10-17(24(28)29)12-18(11-16)25(30)31/h1-13H,(H,23,26)/b22-13-. The number of nitrogens with one attached hydrogen (secondary N) is 1. The van der Waals surface area contributed by atoms with Gasteiger partial charge >= 0.3 is 5.97 Å². The number of carbonyl (C=O) groups excluding carboxylic acids is 2. The minimum absolute atomic E-state index is 0.0318. The molecule has 1 N–H and O–H groups in total. The number of nitro benzene ring substituents is 2. The lowest BCUT2D eigenvalue weighted by atomic mass is 10.1. The molecule has 0 bridgehead atoms. The van der Waals surface area contributed by atoms with E-state index in [1.54, 1.807) is 48.5 Å². The van der Waals surface area contributed by atoms with Crippen LogP contribution in [0.15, 0.2) is 77.9 Å². The Bertz CT molecular complexity index is 1190. The molecule has 3 aromatic carbocycles. The molecule has 3 rings (SSSR count). The van der Waals surface area contributed by atoms with Gasteiger partial charge in [0, 0.05) is 23.3 Å². The van der Waals surface area contributed by atoms with Crippen molar-refractivity contribution in [3.05, 3.63) is 110 Å². The average Bonchev–Trinajstić information content (AvgIpc) is 2.80. The molecule has 0 heterocycles. The number of ether oxygens (including phenoxy) is 1. The summed E-state index contributed by atoms with van der Waals surface area (Å²) in [6, 6.07) is 17.1. The van der Waals surface area contributed by atoms with Crippen LogP contribution >= 0.6 is 0 Å². The molecule has 11 nitrogen and oxygen atoms in total. The van der Waals surface area contributed by atoms with E-state index in [1.165, 1.54) is 12.3 Å². The zero-order chi connectivity index (χ0) is 23.1. The van der Waals surface area contributed by atoms with E-state index >= 15 is 0 Å². The maximum Gasteiger partial charge on any atom is 0.344 e. The molecule has 0 saturated carbocycles. The van der Waals surface area contributed by atoms with Crippen molar-refractivity contribution in [2.24, 2.45) is 5.10 Å². The van der Waals surface area contributed by atoms with Crippen LogP contribution < -0.4 is 10.2 Å². The first-order valence-corrected chi connectivity index (χ1v) is 8.98. The highest BCUT2D eigenvalue weighted by Gasteiger charge is 2.21. The number of para-hydroxylation sites is 1. The number of esters is 1. The predicted molar refractivity (Wildman–Crippen MR) is 113 cm³/mol. The van der Waals surface area contributed by atoms with Crippen LogP contribution in [0.2, 0.25) is 0 Å². The fraction of sp³-hybridized carbons (Fsp3) is 0. The predicted octanol–water partition coefficient (Wildman–Crippen LogP) is 3.49. The van der Waals surface area contributed by atoms with Crippen molar-refractivity contribution in [3.8, 4) is 5.75 Å². The van der Waals surface area contributed by atoms with Gasteiger partial charge in [0.25, 0.3) is 17.3 Å². The van der Waals surface area contributed by atoms with Crippen LogP contribution in [0, 0.1) is 20.2 Å². The highest BCUT2D eigenvalue weighted by atomic mass is 16.6. The summed E-state index contributed by atoms with van der Waals surface area (Å²) in [5, 5.41) is 25.9. The Hall–Kier alpha value is -4.93. The number of hydrazone groups is 1. The van der Waals surface area contributed by atoms with E-state index in [-0.39, 0.29) is 11.3 Å². The van der Waals surface area contributed by atoms with Crippen molar-refractivity contribution < 1.29 is 24.2 Å². The van der Waals surface area contributed by atoms with Gasteiger partial charge in [-0.1, -0.05) is 30.3 Å².